The third kappa shape index (κ3) is 2.83. The monoisotopic (exact) mass is 254 g/mol. The van der Waals surface area contributed by atoms with Crippen LogP contribution in [-0.2, 0) is 9.59 Å². The van der Waals surface area contributed by atoms with Crippen molar-refractivity contribution >= 4 is 11.9 Å². The first-order valence-corrected chi connectivity index (χ1v) is 6.73. The first-order chi connectivity index (χ1) is 8.51. The molecule has 2 saturated heterocycles. The Bertz CT molecular complexity index is 337. The molecule has 0 saturated carbocycles. The molecule has 0 spiro atoms. The lowest BCUT2D eigenvalue weighted by Crippen LogP contribution is -2.48. The first kappa shape index (κ1) is 13.3. The molecular formula is C13H22N2O3. The van der Waals surface area contributed by atoms with Crippen molar-refractivity contribution in [1.82, 2.24) is 10.2 Å². The molecule has 0 aromatic rings. The molecule has 2 unspecified atom stereocenters. The topological polar surface area (TPSA) is 69.6 Å². The van der Waals surface area contributed by atoms with E-state index >= 15 is 0 Å². The number of rotatable bonds is 3. The van der Waals surface area contributed by atoms with Gasteiger partial charge in [-0.1, -0.05) is 0 Å². The molecule has 18 heavy (non-hydrogen) atoms. The average molecular weight is 254 g/mol. The van der Waals surface area contributed by atoms with E-state index in [9.17, 15) is 9.59 Å². The van der Waals surface area contributed by atoms with Crippen molar-refractivity contribution in [3.8, 4) is 0 Å². The van der Waals surface area contributed by atoms with Crippen LogP contribution in [0.3, 0.4) is 0 Å². The maximum Gasteiger partial charge on any atom is 0.303 e. The molecule has 0 aliphatic carbocycles. The van der Waals surface area contributed by atoms with Crippen LogP contribution in [0.1, 0.15) is 32.6 Å². The lowest BCUT2D eigenvalue weighted by molar-refractivity contribution is -0.145. The number of hydrogen-bond donors (Lipinski definition) is 2. The fourth-order valence-electron chi connectivity index (χ4n) is 3.04. The highest BCUT2D eigenvalue weighted by Gasteiger charge is 2.40. The summed E-state index contributed by atoms with van der Waals surface area (Å²) >= 11 is 0. The fourth-order valence-corrected chi connectivity index (χ4v) is 3.04. The second-order valence-corrected chi connectivity index (χ2v) is 5.84. The predicted molar refractivity (Wildman–Crippen MR) is 67.2 cm³/mol. The second-order valence-electron chi connectivity index (χ2n) is 5.84. The molecular weight excluding hydrogens is 232 g/mol. The highest BCUT2D eigenvalue weighted by Crippen LogP contribution is 2.30. The van der Waals surface area contributed by atoms with Crippen LogP contribution < -0.4 is 5.32 Å². The molecule has 0 radical (unpaired) electrons. The van der Waals surface area contributed by atoms with E-state index in [1.807, 2.05) is 11.8 Å². The summed E-state index contributed by atoms with van der Waals surface area (Å²) in [7, 11) is 0. The number of likely N-dealkylation sites (tertiary alicyclic amines) is 1. The lowest BCUT2D eigenvalue weighted by atomic mass is 9.86. The zero-order valence-electron chi connectivity index (χ0n) is 10.9. The van der Waals surface area contributed by atoms with E-state index < -0.39 is 5.97 Å². The van der Waals surface area contributed by atoms with Crippen LogP contribution in [0, 0.1) is 11.3 Å². The van der Waals surface area contributed by atoms with Crippen LogP contribution in [0.15, 0.2) is 0 Å². The van der Waals surface area contributed by atoms with Crippen LogP contribution in [0.25, 0.3) is 0 Å². The van der Waals surface area contributed by atoms with E-state index in [4.69, 9.17) is 5.11 Å². The van der Waals surface area contributed by atoms with Gasteiger partial charge in [0.2, 0.25) is 5.91 Å². The summed E-state index contributed by atoms with van der Waals surface area (Å²) in [5, 5.41) is 12.1. The molecule has 2 fully saturated rings. The number of nitrogens with zero attached hydrogens (tertiary/aromatic N) is 1. The first-order valence-electron chi connectivity index (χ1n) is 6.73. The van der Waals surface area contributed by atoms with Crippen molar-refractivity contribution < 1.29 is 14.7 Å². The standard InChI is InChI=1S/C13H22N2O3/c1-13(4-5-14-9-13)12(18)15-6-2-3-10(8-15)7-11(16)17/h10,14H,2-9H2,1H3,(H,16,17). The lowest BCUT2D eigenvalue weighted by Gasteiger charge is -2.37. The number of carbonyl (C=O) groups is 2. The molecule has 2 N–H and O–H groups in total. The van der Waals surface area contributed by atoms with Gasteiger partial charge in [0.25, 0.3) is 0 Å². The Labute approximate surface area is 108 Å². The predicted octanol–water partition coefficient (Wildman–Crippen LogP) is 0.699. The molecule has 1 amide bonds. The van der Waals surface area contributed by atoms with Gasteiger partial charge in [0, 0.05) is 26.1 Å². The van der Waals surface area contributed by atoms with Crippen molar-refractivity contribution in [2.75, 3.05) is 26.2 Å². The zero-order chi connectivity index (χ0) is 13.2. The van der Waals surface area contributed by atoms with Crippen LogP contribution in [0.4, 0.5) is 0 Å². The summed E-state index contributed by atoms with van der Waals surface area (Å²) in [5.41, 5.74) is -0.287. The van der Waals surface area contributed by atoms with E-state index in [-0.39, 0.29) is 23.7 Å². The minimum Gasteiger partial charge on any atom is -0.481 e. The molecule has 0 aromatic carbocycles. The molecule has 2 aliphatic heterocycles. The van der Waals surface area contributed by atoms with Gasteiger partial charge >= 0.3 is 5.97 Å². The molecule has 102 valence electrons. The van der Waals surface area contributed by atoms with Crippen LogP contribution in [-0.4, -0.2) is 48.1 Å². The van der Waals surface area contributed by atoms with E-state index in [1.54, 1.807) is 0 Å². The largest absolute Gasteiger partial charge is 0.481 e. The smallest absolute Gasteiger partial charge is 0.303 e. The Morgan fingerprint density at radius 1 is 1.50 bits per heavy atom. The number of aliphatic carboxylic acids is 1. The van der Waals surface area contributed by atoms with Gasteiger partial charge in [0.15, 0.2) is 0 Å². The van der Waals surface area contributed by atoms with Crippen LogP contribution in [0.2, 0.25) is 0 Å². The number of hydrogen-bond acceptors (Lipinski definition) is 3. The molecule has 0 aromatic heterocycles. The molecule has 0 bridgehead atoms. The molecule has 5 heteroatoms. The summed E-state index contributed by atoms with van der Waals surface area (Å²) in [6.07, 6.45) is 2.91. The summed E-state index contributed by atoms with van der Waals surface area (Å²) in [5.74, 6) is -0.441. The van der Waals surface area contributed by atoms with Gasteiger partial charge in [0.05, 0.1) is 5.41 Å². The third-order valence-electron chi connectivity index (χ3n) is 4.15. The Hall–Kier alpha value is -1.10. The molecule has 2 aliphatic rings. The van der Waals surface area contributed by atoms with Gasteiger partial charge in [0.1, 0.15) is 0 Å². The number of carbonyl (C=O) groups excluding carboxylic acids is 1. The van der Waals surface area contributed by atoms with Crippen LogP contribution in [0.5, 0.6) is 0 Å². The van der Waals surface area contributed by atoms with Gasteiger partial charge in [-0.2, -0.15) is 0 Å². The number of carboxylic acid groups (broad SMARTS) is 1. The minimum atomic E-state index is -0.761. The Morgan fingerprint density at radius 2 is 2.28 bits per heavy atom. The maximum atomic E-state index is 12.5. The van der Waals surface area contributed by atoms with E-state index in [2.05, 4.69) is 5.32 Å². The summed E-state index contributed by atoms with van der Waals surface area (Å²) in [6.45, 7) is 5.04. The Balaban J connectivity index is 1.95. The zero-order valence-corrected chi connectivity index (χ0v) is 10.9. The quantitative estimate of drug-likeness (QED) is 0.778. The fraction of sp³-hybridized carbons (Fsp3) is 0.846. The number of piperidine rings is 1. The van der Waals surface area contributed by atoms with Crippen molar-refractivity contribution in [1.29, 1.82) is 0 Å². The van der Waals surface area contributed by atoms with E-state index in [0.29, 0.717) is 6.54 Å². The van der Waals surface area contributed by atoms with Crippen molar-refractivity contribution in [3.63, 3.8) is 0 Å². The van der Waals surface area contributed by atoms with Crippen molar-refractivity contribution in [2.45, 2.75) is 32.6 Å². The Kier molecular flexibility index (Phi) is 3.90. The molecule has 2 heterocycles. The normalized spacial score (nSPS) is 32.5. The SMILES string of the molecule is CC1(C(=O)N2CCCC(CC(=O)O)C2)CCNC1. The number of amides is 1. The summed E-state index contributed by atoms with van der Waals surface area (Å²) in [4.78, 5) is 25.1. The second kappa shape index (κ2) is 5.26. The number of carboxylic acids is 1. The van der Waals surface area contributed by atoms with Crippen molar-refractivity contribution in [2.24, 2.45) is 11.3 Å². The Morgan fingerprint density at radius 3 is 2.89 bits per heavy atom. The van der Waals surface area contributed by atoms with Gasteiger partial charge in [-0.3, -0.25) is 9.59 Å². The molecule has 2 rings (SSSR count). The van der Waals surface area contributed by atoms with Gasteiger partial charge < -0.3 is 15.3 Å². The summed E-state index contributed by atoms with van der Waals surface area (Å²) < 4.78 is 0. The maximum absolute atomic E-state index is 12.5. The number of nitrogens with one attached hydrogen (secondary N) is 1. The van der Waals surface area contributed by atoms with Crippen LogP contribution >= 0.6 is 0 Å². The highest BCUT2D eigenvalue weighted by atomic mass is 16.4. The molecule has 2 atom stereocenters. The van der Waals surface area contributed by atoms with Crippen molar-refractivity contribution in [3.05, 3.63) is 0 Å². The third-order valence-corrected chi connectivity index (χ3v) is 4.15. The van der Waals surface area contributed by atoms with Gasteiger partial charge in [-0.15, -0.1) is 0 Å². The summed E-state index contributed by atoms with van der Waals surface area (Å²) in [6, 6.07) is 0. The highest BCUT2D eigenvalue weighted by molar-refractivity contribution is 5.83. The van der Waals surface area contributed by atoms with Gasteiger partial charge in [-0.05, 0) is 38.6 Å². The average Bonchev–Trinajstić information content (AvgIpc) is 2.76. The van der Waals surface area contributed by atoms with E-state index in [1.165, 1.54) is 0 Å². The molecule has 5 nitrogen and oxygen atoms in total. The van der Waals surface area contributed by atoms with Gasteiger partial charge in [-0.25, -0.2) is 0 Å². The van der Waals surface area contributed by atoms with E-state index in [0.717, 1.165) is 38.9 Å². The minimum absolute atomic E-state index is 0.123.